The second kappa shape index (κ2) is 4.68. The van der Waals surface area contributed by atoms with Crippen molar-refractivity contribution in [3.63, 3.8) is 0 Å². The lowest BCUT2D eigenvalue weighted by Gasteiger charge is -2.21. The second-order valence-corrected chi connectivity index (χ2v) is 3.36. The van der Waals surface area contributed by atoms with Gasteiger partial charge in [0.15, 0.2) is 0 Å². The highest BCUT2D eigenvalue weighted by Gasteiger charge is 2.39. The van der Waals surface area contributed by atoms with Crippen LogP contribution in [0.15, 0.2) is 18.2 Å². The van der Waals surface area contributed by atoms with E-state index in [1.54, 1.807) is 0 Å². The first kappa shape index (κ1) is 13.4. The molecule has 0 aliphatic rings. The molecule has 94 valence electrons. The van der Waals surface area contributed by atoms with E-state index >= 15 is 0 Å². The number of hydrogen-bond acceptors (Lipinski definition) is 4. The number of hydrogen-bond donors (Lipinski definition) is 2. The van der Waals surface area contributed by atoms with Gasteiger partial charge in [-0.2, -0.15) is 0 Å². The Kier molecular flexibility index (Phi) is 3.69. The number of nitrogens with zero attached hydrogens (tertiary/aromatic N) is 1. The molecule has 5 nitrogen and oxygen atoms in total. The van der Waals surface area contributed by atoms with E-state index in [0.717, 1.165) is 6.07 Å². The lowest BCUT2D eigenvalue weighted by Crippen LogP contribution is -2.36. The van der Waals surface area contributed by atoms with Crippen molar-refractivity contribution in [3.8, 4) is 0 Å². The van der Waals surface area contributed by atoms with Crippen LogP contribution in [0.4, 0.5) is 18.9 Å². The number of nitrogens with two attached hydrogens (primary N) is 1. The molecule has 0 aliphatic carbocycles. The summed E-state index contributed by atoms with van der Waals surface area (Å²) in [6, 6.07) is -0.0000997. The van der Waals surface area contributed by atoms with Crippen LogP contribution in [0.1, 0.15) is 11.6 Å². The smallest absolute Gasteiger partial charge is 0.289 e. The Bertz CT molecular complexity index is 439. The Balaban J connectivity index is 3.21. The summed E-state index contributed by atoms with van der Waals surface area (Å²) < 4.78 is 39.3. The normalized spacial score (nSPS) is 13.5. The zero-order valence-corrected chi connectivity index (χ0v) is 8.44. The average Bonchev–Trinajstić information content (AvgIpc) is 2.28. The highest BCUT2D eigenvalue weighted by atomic mass is 19.3. The quantitative estimate of drug-likeness (QED) is 0.623. The molecular weight excluding hydrogens is 241 g/mol. The van der Waals surface area contributed by atoms with Gasteiger partial charge in [0, 0.05) is 17.7 Å². The maximum absolute atomic E-state index is 13.2. The largest absolute Gasteiger partial charge is 0.390 e. The van der Waals surface area contributed by atoms with E-state index in [4.69, 9.17) is 10.8 Å². The van der Waals surface area contributed by atoms with E-state index in [2.05, 4.69) is 0 Å². The van der Waals surface area contributed by atoms with Crippen molar-refractivity contribution in [2.45, 2.75) is 12.0 Å². The third-order valence-corrected chi connectivity index (χ3v) is 2.19. The van der Waals surface area contributed by atoms with Crippen LogP contribution in [0.5, 0.6) is 0 Å². The van der Waals surface area contributed by atoms with Crippen molar-refractivity contribution in [2.24, 2.45) is 5.73 Å². The maximum Gasteiger partial charge on any atom is 0.289 e. The van der Waals surface area contributed by atoms with Crippen LogP contribution in [-0.2, 0) is 0 Å². The lowest BCUT2D eigenvalue weighted by molar-refractivity contribution is -0.385. The lowest BCUT2D eigenvalue weighted by atomic mass is 10.0. The molecule has 0 saturated carbocycles. The molecule has 0 saturated heterocycles. The van der Waals surface area contributed by atoms with Crippen LogP contribution in [0, 0.1) is 15.9 Å². The number of non-ortho nitro benzene ring substituents is 1. The number of rotatable bonds is 4. The fourth-order valence-corrected chi connectivity index (χ4v) is 1.21. The number of alkyl halides is 2. The van der Waals surface area contributed by atoms with Crippen molar-refractivity contribution >= 4 is 5.69 Å². The summed E-state index contributed by atoms with van der Waals surface area (Å²) in [6.07, 6.45) is 0. The van der Waals surface area contributed by atoms with E-state index < -0.39 is 40.6 Å². The van der Waals surface area contributed by atoms with E-state index in [1.807, 2.05) is 0 Å². The molecule has 1 aromatic rings. The third-order valence-electron chi connectivity index (χ3n) is 2.19. The molecule has 0 fully saturated rings. The van der Waals surface area contributed by atoms with Gasteiger partial charge in [-0.3, -0.25) is 10.1 Å². The average molecular weight is 250 g/mol. The molecule has 1 aromatic carbocycles. The van der Waals surface area contributed by atoms with Gasteiger partial charge in [-0.15, -0.1) is 0 Å². The number of nitro benzene ring substituents is 1. The number of benzene rings is 1. The van der Waals surface area contributed by atoms with Gasteiger partial charge in [-0.1, -0.05) is 0 Å². The minimum Gasteiger partial charge on any atom is -0.390 e. The van der Waals surface area contributed by atoms with Crippen LogP contribution >= 0.6 is 0 Å². The monoisotopic (exact) mass is 250 g/mol. The Labute approximate surface area is 93.8 Å². The Hall–Kier alpha value is -1.67. The first-order valence-corrected chi connectivity index (χ1v) is 4.47. The molecule has 0 bridgehead atoms. The number of aliphatic hydroxyl groups is 1. The molecule has 8 heteroatoms. The third kappa shape index (κ3) is 2.71. The van der Waals surface area contributed by atoms with Gasteiger partial charge in [0.2, 0.25) is 0 Å². The number of aliphatic hydroxyl groups excluding tert-OH is 1. The summed E-state index contributed by atoms with van der Waals surface area (Å²) in [5.41, 5.74) is 3.82. The van der Waals surface area contributed by atoms with E-state index in [9.17, 15) is 23.3 Å². The molecule has 17 heavy (non-hydrogen) atoms. The molecule has 1 rings (SSSR count). The van der Waals surface area contributed by atoms with Gasteiger partial charge in [0.1, 0.15) is 12.4 Å². The molecule has 0 aliphatic heterocycles. The topological polar surface area (TPSA) is 89.4 Å². The first-order chi connectivity index (χ1) is 7.79. The van der Waals surface area contributed by atoms with Crippen molar-refractivity contribution in [1.29, 1.82) is 0 Å². The molecule has 0 aromatic heterocycles. The van der Waals surface area contributed by atoms with Crippen molar-refractivity contribution in [2.75, 3.05) is 6.61 Å². The van der Waals surface area contributed by atoms with Crippen molar-refractivity contribution in [1.82, 2.24) is 0 Å². The van der Waals surface area contributed by atoms with E-state index in [0.29, 0.717) is 12.1 Å². The summed E-state index contributed by atoms with van der Waals surface area (Å²) in [7, 11) is 0. The fraction of sp³-hybridized carbons (Fsp3) is 0.333. The van der Waals surface area contributed by atoms with Gasteiger partial charge < -0.3 is 10.8 Å². The Morgan fingerprint density at radius 1 is 1.53 bits per heavy atom. The maximum atomic E-state index is 13.2. The zero-order valence-electron chi connectivity index (χ0n) is 8.44. The molecule has 3 N–H and O–H groups in total. The van der Waals surface area contributed by atoms with Crippen LogP contribution in [0.3, 0.4) is 0 Å². The molecular formula is C9H9F3N2O3. The predicted octanol–water partition coefficient (Wildman–Crippen LogP) is 1.36. The number of nitro groups is 1. The van der Waals surface area contributed by atoms with Crippen LogP contribution in [-0.4, -0.2) is 22.6 Å². The summed E-state index contributed by atoms with van der Waals surface area (Å²) >= 11 is 0. The van der Waals surface area contributed by atoms with Gasteiger partial charge in [0.25, 0.3) is 11.6 Å². The van der Waals surface area contributed by atoms with Crippen LogP contribution in [0.2, 0.25) is 0 Å². The highest BCUT2D eigenvalue weighted by molar-refractivity contribution is 5.37. The Morgan fingerprint density at radius 2 is 2.12 bits per heavy atom. The predicted molar refractivity (Wildman–Crippen MR) is 52.0 cm³/mol. The van der Waals surface area contributed by atoms with Crippen LogP contribution < -0.4 is 5.73 Å². The van der Waals surface area contributed by atoms with Gasteiger partial charge in [-0.25, -0.2) is 13.2 Å². The number of halogens is 3. The zero-order chi connectivity index (χ0) is 13.2. The highest BCUT2D eigenvalue weighted by Crippen LogP contribution is 2.32. The second-order valence-electron chi connectivity index (χ2n) is 3.36. The molecule has 0 amide bonds. The van der Waals surface area contributed by atoms with Gasteiger partial charge in [0.05, 0.1) is 11.0 Å². The van der Waals surface area contributed by atoms with Crippen molar-refractivity contribution < 1.29 is 23.2 Å². The van der Waals surface area contributed by atoms with Gasteiger partial charge >= 0.3 is 0 Å². The molecule has 1 unspecified atom stereocenters. The molecule has 0 heterocycles. The van der Waals surface area contributed by atoms with E-state index in [1.165, 1.54) is 0 Å². The first-order valence-electron chi connectivity index (χ1n) is 4.47. The fourth-order valence-electron chi connectivity index (χ4n) is 1.21. The molecule has 0 spiro atoms. The minimum atomic E-state index is -3.75. The molecule has 1 atom stereocenters. The van der Waals surface area contributed by atoms with Crippen molar-refractivity contribution in [3.05, 3.63) is 39.7 Å². The Morgan fingerprint density at radius 3 is 2.59 bits per heavy atom. The van der Waals surface area contributed by atoms with Gasteiger partial charge in [-0.05, 0) is 6.07 Å². The summed E-state index contributed by atoms with van der Waals surface area (Å²) in [4.78, 5) is 9.56. The van der Waals surface area contributed by atoms with E-state index in [-0.39, 0.29) is 0 Å². The minimum absolute atomic E-state index is 0.550. The summed E-state index contributed by atoms with van der Waals surface area (Å²) in [5, 5.41) is 18.8. The SMILES string of the molecule is NC(c1cc([N+](=O)[O-])ccc1F)C(F)(F)CO. The summed E-state index contributed by atoms with van der Waals surface area (Å²) in [6.45, 7) is -1.57. The molecule has 0 radical (unpaired) electrons. The summed E-state index contributed by atoms with van der Waals surface area (Å²) in [5.74, 6) is -4.84. The standard InChI is InChI=1S/C9H9F3N2O3/c10-7-2-1-5(14(16)17)3-6(7)8(13)9(11,12)4-15/h1-3,8,15H,4,13H2. The van der Waals surface area contributed by atoms with Crippen LogP contribution in [0.25, 0.3) is 0 Å².